The SMILES string of the molecule is COc1ccc(CCOC(=O)/C=C/c2cc(Cl)c(OC)c(OC)c2)cc1. The molecule has 0 aliphatic rings. The minimum Gasteiger partial charge on any atom is -0.497 e. The Morgan fingerprint density at radius 3 is 2.38 bits per heavy atom. The van der Waals surface area contributed by atoms with Crippen LogP contribution >= 0.6 is 11.6 Å². The maximum atomic E-state index is 11.9. The van der Waals surface area contributed by atoms with Crippen molar-refractivity contribution in [1.82, 2.24) is 0 Å². The first-order valence-corrected chi connectivity index (χ1v) is 8.34. The van der Waals surface area contributed by atoms with Crippen molar-refractivity contribution in [2.75, 3.05) is 27.9 Å². The van der Waals surface area contributed by atoms with Crippen LogP contribution in [-0.2, 0) is 16.0 Å². The zero-order valence-corrected chi connectivity index (χ0v) is 15.7. The van der Waals surface area contributed by atoms with Crippen LogP contribution in [-0.4, -0.2) is 33.9 Å². The van der Waals surface area contributed by atoms with E-state index in [1.807, 2.05) is 24.3 Å². The average molecular weight is 377 g/mol. The highest BCUT2D eigenvalue weighted by Crippen LogP contribution is 2.36. The van der Waals surface area contributed by atoms with E-state index in [1.54, 1.807) is 25.3 Å². The Morgan fingerprint density at radius 2 is 1.77 bits per heavy atom. The lowest BCUT2D eigenvalue weighted by Crippen LogP contribution is -2.04. The summed E-state index contributed by atoms with van der Waals surface area (Å²) in [4.78, 5) is 11.9. The predicted molar refractivity (Wildman–Crippen MR) is 101 cm³/mol. The molecule has 0 aliphatic heterocycles. The van der Waals surface area contributed by atoms with Gasteiger partial charge in [0.15, 0.2) is 11.5 Å². The van der Waals surface area contributed by atoms with Crippen LogP contribution in [0.15, 0.2) is 42.5 Å². The Kier molecular flexibility index (Phi) is 7.36. The fourth-order valence-electron chi connectivity index (χ4n) is 2.31. The summed E-state index contributed by atoms with van der Waals surface area (Å²) < 4.78 is 20.7. The van der Waals surface area contributed by atoms with Crippen LogP contribution in [0.3, 0.4) is 0 Å². The number of rotatable bonds is 8. The van der Waals surface area contributed by atoms with Gasteiger partial charge in [-0.25, -0.2) is 4.79 Å². The van der Waals surface area contributed by atoms with Crippen LogP contribution in [0.25, 0.3) is 6.08 Å². The molecule has 0 fully saturated rings. The molecule has 0 saturated heterocycles. The topological polar surface area (TPSA) is 54.0 Å². The van der Waals surface area contributed by atoms with Gasteiger partial charge in [0.2, 0.25) is 0 Å². The second-order valence-corrected chi connectivity index (χ2v) is 5.74. The van der Waals surface area contributed by atoms with E-state index in [2.05, 4.69) is 0 Å². The molecule has 0 atom stereocenters. The summed E-state index contributed by atoms with van der Waals surface area (Å²) in [6.07, 6.45) is 3.60. The number of hydrogen-bond donors (Lipinski definition) is 0. The number of methoxy groups -OCH3 is 3. The summed E-state index contributed by atoms with van der Waals surface area (Å²) >= 11 is 6.14. The molecule has 0 unspecified atom stereocenters. The van der Waals surface area contributed by atoms with Gasteiger partial charge in [0.25, 0.3) is 0 Å². The molecular formula is C20H21ClO5. The number of carbonyl (C=O) groups excluding carboxylic acids is 1. The number of halogens is 1. The maximum Gasteiger partial charge on any atom is 0.330 e. The van der Waals surface area contributed by atoms with Crippen LogP contribution in [0.4, 0.5) is 0 Å². The Morgan fingerprint density at radius 1 is 1.04 bits per heavy atom. The Hall–Kier alpha value is -2.66. The lowest BCUT2D eigenvalue weighted by Gasteiger charge is -2.10. The van der Waals surface area contributed by atoms with Crippen molar-refractivity contribution >= 4 is 23.6 Å². The molecule has 0 saturated carbocycles. The lowest BCUT2D eigenvalue weighted by molar-refractivity contribution is -0.137. The summed E-state index contributed by atoms with van der Waals surface area (Å²) in [6, 6.07) is 11.0. The number of ether oxygens (including phenoxy) is 4. The molecule has 2 rings (SSSR count). The van der Waals surface area contributed by atoms with Gasteiger partial charge in [0.1, 0.15) is 5.75 Å². The highest BCUT2D eigenvalue weighted by molar-refractivity contribution is 6.32. The van der Waals surface area contributed by atoms with E-state index in [9.17, 15) is 4.79 Å². The standard InChI is InChI=1S/C20H21ClO5/c1-23-16-7-4-14(5-8-16)10-11-26-19(22)9-6-15-12-17(21)20(25-3)18(13-15)24-2/h4-9,12-13H,10-11H2,1-3H3/b9-6+. The smallest absolute Gasteiger partial charge is 0.330 e. The van der Waals surface area contributed by atoms with Crippen LogP contribution < -0.4 is 14.2 Å². The van der Waals surface area contributed by atoms with E-state index in [4.69, 9.17) is 30.5 Å². The Balaban J connectivity index is 1.89. The van der Waals surface area contributed by atoms with Crippen LogP contribution in [0.2, 0.25) is 5.02 Å². The van der Waals surface area contributed by atoms with E-state index in [1.165, 1.54) is 20.3 Å². The predicted octanol–water partition coefficient (Wildman–Crippen LogP) is 4.16. The van der Waals surface area contributed by atoms with Crippen LogP contribution in [0.5, 0.6) is 17.2 Å². The third-order valence-corrected chi connectivity index (χ3v) is 3.94. The second-order valence-electron chi connectivity index (χ2n) is 5.34. The van der Waals surface area contributed by atoms with E-state index in [0.717, 1.165) is 11.3 Å². The molecule has 26 heavy (non-hydrogen) atoms. The monoisotopic (exact) mass is 376 g/mol. The molecule has 0 amide bonds. The van der Waals surface area contributed by atoms with Gasteiger partial charge in [-0.15, -0.1) is 0 Å². The number of carbonyl (C=O) groups is 1. The molecule has 0 radical (unpaired) electrons. The Labute approximate surface area is 158 Å². The van der Waals surface area contributed by atoms with E-state index < -0.39 is 5.97 Å². The quantitative estimate of drug-likeness (QED) is 0.511. The zero-order valence-electron chi connectivity index (χ0n) is 15.0. The molecule has 2 aromatic carbocycles. The fraction of sp³-hybridized carbons (Fsp3) is 0.250. The highest BCUT2D eigenvalue weighted by atomic mass is 35.5. The zero-order chi connectivity index (χ0) is 18.9. The molecule has 0 heterocycles. The average Bonchev–Trinajstić information content (AvgIpc) is 2.66. The molecule has 2 aromatic rings. The summed E-state index contributed by atoms with van der Waals surface area (Å²) in [5.41, 5.74) is 1.77. The van der Waals surface area contributed by atoms with Gasteiger partial charge in [0.05, 0.1) is 33.0 Å². The third-order valence-electron chi connectivity index (χ3n) is 3.66. The van der Waals surface area contributed by atoms with Gasteiger partial charge in [-0.3, -0.25) is 0 Å². The number of esters is 1. The highest BCUT2D eigenvalue weighted by Gasteiger charge is 2.10. The first-order valence-electron chi connectivity index (χ1n) is 7.96. The van der Waals surface area contributed by atoms with Gasteiger partial charge >= 0.3 is 5.97 Å². The summed E-state index contributed by atoms with van der Waals surface area (Å²) in [5, 5.41) is 0.402. The van der Waals surface area contributed by atoms with Crippen molar-refractivity contribution in [1.29, 1.82) is 0 Å². The van der Waals surface area contributed by atoms with Crippen molar-refractivity contribution in [3.63, 3.8) is 0 Å². The van der Waals surface area contributed by atoms with Crippen LogP contribution in [0, 0.1) is 0 Å². The van der Waals surface area contributed by atoms with Crippen molar-refractivity contribution in [3.05, 3.63) is 58.6 Å². The van der Waals surface area contributed by atoms with Crippen molar-refractivity contribution in [2.45, 2.75) is 6.42 Å². The van der Waals surface area contributed by atoms with Crippen LogP contribution in [0.1, 0.15) is 11.1 Å². The largest absolute Gasteiger partial charge is 0.497 e. The molecule has 5 nitrogen and oxygen atoms in total. The van der Waals surface area contributed by atoms with Gasteiger partial charge in [-0.1, -0.05) is 23.7 Å². The summed E-state index contributed by atoms with van der Waals surface area (Å²) in [5.74, 6) is 1.31. The second kappa shape index (κ2) is 9.73. The van der Waals surface area contributed by atoms with Crippen molar-refractivity contribution in [3.8, 4) is 17.2 Å². The van der Waals surface area contributed by atoms with E-state index in [-0.39, 0.29) is 0 Å². The van der Waals surface area contributed by atoms with Gasteiger partial charge < -0.3 is 18.9 Å². The minimum atomic E-state index is -0.426. The van der Waals surface area contributed by atoms with Crippen molar-refractivity contribution in [2.24, 2.45) is 0 Å². The molecule has 0 spiro atoms. The number of hydrogen-bond acceptors (Lipinski definition) is 5. The molecule has 0 aliphatic carbocycles. The molecular weight excluding hydrogens is 356 g/mol. The van der Waals surface area contributed by atoms with E-state index in [0.29, 0.717) is 35.1 Å². The van der Waals surface area contributed by atoms with E-state index >= 15 is 0 Å². The molecule has 0 aromatic heterocycles. The van der Waals surface area contributed by atoms with Crippen molar-refractivity contribution < 1.29 is 23.7 Å². The first-order chi connectivity index (χ1) is 12.6. The minimum absolute atomic E-state index is 0.294. The normalized spacial score (nSPS) is 10.6. The first kappa shape index (κ1) is 19.7. The maximum absolute atomic E-state index is 11.9. The van der Waals surface area contributed by atoms with Gasteiger partial charge in [-0.2, -0.15) is 0 Å². The fourth-order valence-corrected chi connectivity index (χ4v) is 2.60. The lowest BCUT2D eigenvalue weighted by atomic mass is 10.1. The Bertz CT molecular complexity index is 769. The summed E-state index contributed by atoms with van der Waals surface area (Å²) in [7, 11) is 4.66. The molecule has 138 valence electrons. The van der Waals surface area contributed by atoms with Gasteiger partial charge in [0, 0.05) is 12.5 Å². The third kappa shape index (κ3) is 5.43. The van der Waals surface area contributed by atoms with Gasteiger partial charge in [-0.05, 0) is 41.5 Å². The molecule has 0 N–H and O–H groups in total. The summed E-state index contributed by atoms with van der Waals surface area (Å²) in [6.45, 7) is 0.294. The molecule has 6 heteroatoms. The number of benzene rings is 2. The molecule has 0 bridgehead atoms.